The summed E-state index contributed by atoms with van der Waals surface area (Å²) in [6, 6.07) is 1.63. The van der Waals surface area contributed by atoms with Gasteiger partial charge in [-0.3, -0.25) is 9.59 Å². The van der Waals surface area contributed by atoms with E-state index < -0.39 is 6.10 Å². The number of piperidine rings is 3. The van der Waals surface area contributed by atoms with E-state index in [-0.39, 0.29) is 35.0 Å². The van der Waals surface area contributed by atoms with E-state index in [9.17, 15) is 9.59 Å². The second-order valence-corrected chi connectivity index (χ2v) is 15.0. The van der Waals surface area contributed by atoms with Crippen LogP contribution in [-0.4, -0.2) is 70.7 Å². The lowest BCUT2D eigenvalue weighted by atomic mass is 9.66. The van der Waals surface area contributed by atoms with E-state index in [1.165, 1.54) is 32.2 Å². The van der Waals surface area contributed by atoms with E-state index in [4.69, 9.17) is 4.74 Å². The summed E-state index contributed by atoms with van der Waals surface area (Å²) in [5.41, 5.74) is 0.252. The molecule has 37 heavy (non-hydrogen) atoms. The normalized spacial score (nSPS) is 43.4. The second kappa shape index (κ2) is 9.48. The number of carbonyl (C=O) groups is 2. The summed E-state index contributed by atoms with van der Waals surface area (Å²) in [5.74, 6) is 2.54. The van der Waals surface area contributed by atoms with Crippen LogP contribution in [0.25, 0.3) is 0 Å². The molecule has 4 aliphatic heterocycles. The van der Waals surface area contributed by atoms with Gasteiger partial charge in [-0.1, -0.05) is 12.8 Å². The molecule has 7 nitrogen and oxygen atoms in total. The zero-order valence-corrected chi connectivity index (χ0v) is 23.9. The molecule has 6 aliphatic rings. The lowest BCUT2D eigenvalue weighted by Crippen LogP contribution is -3.06. The second-order valence-electron chi connectivity index (χ2n) is 15.0. The van der Waals surface area contributed by atoms with Crippen molar-refractivity contribution in [2.24, 2.45) is 23.7 Å². The van der Waals surface area contributed by atoms with E-state index in [0.717, 1.165) is 38.5 Å². The molecule has 0 aromatic heterocycles. The zero-order chi connectivity index (χ0) is 26.1. The Kier molecular flexibility index (Phi) is 6.68. The average Bonchev–Trinajstić information content (AvgIpc) is 3.15. The highest BCUT2D eigenvalue weighted by atomic mass is 16.5. The Balaban J connectivity index is 1.10. The minimum absolute atomic E-state index is 0.0380. The standard InChI is InChI=1S/C30H50N4O3/c1-17(27(35)32-18-15-29(2,3)33-30(4,5)16-18)37-19-10-11-24-23(14-19)21-12-13-31-25-20-8-6-7-9-22(20)28(36)34(24)26(21)25/h17-26,31,33H,6-16H2,1-5H3,(H,32,35)/p+2/t17-,19?,20?,21?,22?,23?,24?,25?,26?/m0/s1. The van der Waals surface area contributed by atoms with E-state index in [1.54, 1.807) is 0 Å². The van der Waals surface area contributed by atoms with Crippen LogP contribution in [0.4, 0.5) is 0 Å². The lowest BCUT2D eigenvalue weighted by molar-refractivity contribution is -0.788. The van der Waals surface area contributed by atoms with Crippen molar-refractivity contribution in [3.05, 3.63) is 0 Å². The monoisotopic (exact) mass is 516 g/mol. The summed E-state index contributed by atoms with van der Waals surface area (Å²) in [7, 11) is 0. The Bertz CT molecular complexity index is 889. The van der Waals surface area contributed by atoms with Gasteiger partial charge in [0.1, 0.15) is 12.1 Å². The van der Waals surface area contributed by atoms with Crippen molar-refractivity contribution in [3.8, 4) is 0 Å². The van der Waals surface area contributed by atoms with Gasteiger partial charge in [-0.05, 0) is 78.6 Å². The van der Waals surface area contributed by atoms with E-state index in [1.807, 2.05) is 6.92 Å². The summed E-state index contributed by atoms with van der Waals surface area (Å²) in [6.07, 6.45) is 10.7. The molecule has 0 aromatic rings. The van der Waals surface area contributed by atoms with Crippen molar-refractivity contribution in [2.45, 2.75) is 146 Å². The van der Waals surface area contributed by atoms with E-state index >= 15 is 0 Å². The van der Waals surface area contributed by atoms with Gasteiger partial charge < -0.3 is 25.6 Å². The molecule has 2 saturated carbocycles. The first-order valence-corrected chi connectivity index (χ1v) is 15.5. The number of carbonyl (C=O) groups excluding carboxylic acids is 2. The number of rotatable bonds is 4. The number of nitrogens with one attached hydrogen (secondary N) is 1. The van der Waals surface area contributed by atoms with Gasteiger partial charge in [0.2, 0.25) is 11.8 Å². The minimum Gasteiger partial charge on any atom is -0.365 e. The number of hydrogen-bond donors (Lipinski definition) is 3. The van der Waals surface area contributed by atoms with Gasteiger partial charge in [-0.25, -0.2) is 0 Å². The van der Waals surface area contributed by atoms with Crippen LogP contribution in [0.3, 0.4) is 0 Å². The number of ether oxygens (including phenoxy) is 1. The fourth-order valence-corrected chi connectivity index (χ4v) is 10.4. The fraction of sp³-hybridized carbons (Fsp3) is 0.933. The van der Waals surface area contributed by atoms with Crippen LogP contribution >= 0.6 is 0 Å². The number of amides is 2. The third-order valence-corrected chi connectivity index (χ3v) is 11.1. The van der Waals surface area contributed by atoms with Crippen molar-refractivity contribution in [1.29, 1.82) is 0 Å². The van der Waals surface area contributed by atoms with Crippen molar-refractivity contribution in [2.75, 3.05) is 6.54 Å². The maximum atomic E-state index is 13.8. The van der Waals surface area contributed by atoms with Crippen molar-refractivity contribution >= 4 is 11.8 Å². The third kappa shape index (κ3) is 4.75. The number of nitrogens with two attached hydrogens (primary N) is 2. The summed E-state index contributed by atoms with van der Waals surface area (Å²) in [6.45, 7) is 12.2. The van der Waals surface area contributed by atoms with Crippen molar-refractivity contribution in [1.82, 2.24) is 10.2 Å². The van der Waals surface area contributed by atoms with Gasteiger partial charge >= 0.3 is 0 Å². The van der Waals surface area contributed by atoms with Crippen LogP contribution in [0, 0.1) is 23.7 Å². The Hall–Kier alpha value is -1.18. The average molecular weight is 517 g/mol. The molecule has 5 N–H and O–H groups in total. The Morgan fingerprint density at radius 1 is 1.00 bits per heavy atom. The summed E-state index contributed by atoms with van der Waals surface area (Å²) < 4.78 is 6.49. The number of quaternary nitrogens is 2. The maximum Gasteiger partial charge on any atom is 0.249 e. The molecule has 4 heterocycles. The molecule has 0 radical (unpaired) electrons. The molecule has 4 saturated heterocycles. The van der Waals surface area contributed by atoms with Crippen molar-refractivity contribution < 1.29 is 25.0 Å². The highest BCUT2D eigenvalue weighted by Gasteiger charge is 2.63. The molecular weight excluding hydrogens is 464 g/mol. The molecule has 0 aromatic carbocycles. The van der Waals surface area contributed by atoms with Crippen LogP contribution in [0.1, 0.15) is 98.8 Å². The molecule has 6 rings (SSSR count). The first-order chi connectivity index (χ1) is 17.5. The lowest BCUT2D eigenvalue weighted by Gasteiger charge is -2.50. The van der Waals surface area contributed by atoms with Gasteiger partial charge in [0.05, 0.1) is 29.8 Å². The number of fused-ring (bicyclic) bond motifs is 5. The first kappa shape index (κ1) is 26.1. The molecule has 208 valence electrons. The van der Waals surface area contributed by atoms with Crippen LogP contribution in [0.2, 0.25) is 0 Å². The molecule has 2 amide bonds. The molecule has 0 spiro atoms. The van der Waals surface area contributed by atoms with Crippen LogP contribution in [0.5, 0.6) is 0 Å². The molecule has 9 atom stereocenters. The fourth-order valence-electron chi connectivity index (χ4n) is 10.4. The quantitative estimate of drug-likeness (QED) is 0.526. The largest absolute Gasteiger partial charge is 0.365 e. The van der Waals surface area contributed by atoms with Gasteiger partial charge in [0.15, 0.2) is 0 Å². The predicted molar refractivity (Wildman–Crippen MR) is 141 cm³/mol. The van der Waals surface area contributed by atoms with Gasteiger partial charge in [-0.15, -0.1) is 0 Å². The van der Waals surface area contributed by atoms with Crippen LogP contribution < -0.4 is 16.0 Å². The third-order valence-electron chi connectivity index (χ3n) is 11.1. The molecule has 6 fully saturated rings. The molecule has 2 aliphatic carbocycles. The number of nitrogens with zero attached hydrogens (tertiary/aromatic N) is 1. The Labute approximate surface area is 223 Å². The highest BCUT2D eigenvalue weighted by Crippen LogP contribution is 2.53. The zero-order valence-electron chi connectivity index (χ0n) is 23.9. The Morgan fingerprint density at radius 3 is 2.49 bits per heavy atom. The highest BCUT2D eigenvalue weighted by molar-refractivity contribution is 5.82. The summed E-state index contributed by atoms with van der Waals surface area (Å²) in [4.78, 5) is 29.4. The number of hydrogen-bond acceptors (Lipinski definition) is 3. The topological polar surface area (TPSA) is 91.9 Å². The van der Waals surface area contributed by atoms with E-state index in [2.05, 4.69) is 48.5 Å². The van der Waals surface area contributed by atoms with Gasteiger partial charge in [-0.2, -0.15) is 0 Å². The summed E-state index contributed by atoms with van der Waals surface area (Å²) in [5, 5.41) is 8.39. The molecular formula is C30H52N4O3+2. The molecule has 0 bridgehead atoms. The smallest absolute Gasteiger partial charge is 0.249 e. The predicted octanol–water partition coefficient (Wildman–Crippen LogP) is 1.31. The van der Waals surface area contributed by atoms with Crippen LogP contribution in [-0.2, 0) is 14.3 Å². The van der Waals surface area contributed by atoms with Crippen molar-refractivity contribution in [3.63, 3.8) is 0 Å². The van der Waals surface area contributed by atoms with Gasteiger partial charge in [0, 0.05) is 43.2 Å². The molecule has 7 heteroatoms. The minimum atomic E-state index is -0.431. The first-order valence-electron chi connectivity index (χ1n) is 15.5. The maximum absolute atomic E-state index is 13.8. The SMILES string of the molecule is C[C@H](OC1CCC2C(C1)C1CC[NH2+]C3C4CCCCC4C(=O)N2C13)C(=O)NC1CC(C)(C)[NH2+]C(C)(C)C1. The van der Waals surface area contributed by atoms with Gasteiger partial charge in [0.25, 0.3) is 0 Å². The van der Waals surface area contributed by atoms with Crippen LogP contribution in [0.15, 0.2) is 0 Å². The van der Waals surface area contributed by atoms with E-state index in [0.29, 0.717) is 41.8 Å². The Morgan fingerprint density at radius 2 is 1.73 bits per heavy atom. The summed E-state index contributed by atoms with van der Waals surface area (Å²) >= 11 is 0. The molecule has 8 unspecified atom stereocenters.